The van der Waals surface area contributed by atoms with E-state index in [9.17, 15) is 9.59 Å². The van der Waals surface area contributed by atoms with Gasteiger partial charge in [-0.1, -0.05) is 24.6 Å². The third-order valence-electron chi connectivity index (χ3n) is 3.28. The van der Waals surface area contributed by atoms with Crippen LogP contribution in [0.5, 0.6) is 0 Å². The summed E-state index contributed by atoms with van der Waals surface area (Å²) < 4.78 is 0. The van der Waals surface area contributed by atoms with Crippen molar-refractivity contribution in [3.8, 4) is 0 Å². The molecule has 5 heteroatoms. The fourth-order valence-electron chi connectivity index (χ4n) is 1.84. The van der Waals surface area contributed by atoms with Crippen LogP contribution in [0.2, 0.25) is 0 Å². The number of hydrogen-bond donors (Lipinski definition) is 1. The second-order valence-corrected chi connectivity index (χ2v) is 4.96. The Kier molecular flexibility index (Phi) is 5.55. The molecule has 0 saturated carbocycles. The van der Waals surface area contributed by atoms with Crippen LogP contribution in [0.4, 0.5) is 10.5 Å². The normalized spacial score (nSPS) is 11.8. The maximum Gasteiger partial charge on any atom is 0.324 e. The van der Waals surface area contributed by atoms with Crippen molar-refractivity contribution in [3.63, 3.8) is 0 Å². The molecule has 0 radical (unpaired) electrons. The maximum absolute atomic E-state index is 12.4. The molecule has 1 rings (SSSR count). The summed E-state index contributed by atoms with van der Waals surface area (Å²) in [6.07, 6.45) is 0. The number of aliphatic carboxylic acids is 1. The average molecular weight is 278 g/mol. The van der Waals surface area contributed by atoms with Gasteiger partial charge in [-0.25, -0.2) is 4.79 Å². The lowest BCUT2D eigenvalue weighted by Gasteiger charge is -2.28. The van der Waals surface area contributed by atoms with E-state index in [0.717, 1.165) is 11.3 Å². The standard InChI is InChI=1S/C15H22N2O3/c1-5-17(10-12(3)14(18)19)15(20)16(4)13-8-6-11(2)7-9-13/h6-9,12H,5,10H2,1-4H3,(H,18,19). The molecule has 2 amide bonds. The van der Waals surface area contributed by atoms with Crippen LogP contribution in [0.1, 0.15) is 19.4 Å². The molecule has 1 N–H and O–H groups in total. The first-order valence-corrected chi connectivity index (χ1v) is 6.69. The van der Waals surface area contributed by atoms with Crippen LogP contribution in [0.25, 0.3) is 0 Å². The Balaban J connectivity index is 2.79. The third-order valence-corrected chi connectivity index (χ3v) is 3.28. The highest BCUT2D eigenvalue weighted by Crippen LogP contribution is 2.15. The lowest BCUT2D eigenvalue weighted by Crippen LogP contribution is -2.44. The molecule has 1 atom stereocenters. The summed E-state index contributed by atoms with van der Waals surface area (Å²) in [5.74, 6) is -1.47. The molecule has 20 heavy (non-hydrogen) atoms. The quantitative estimate of drug-likeness (QED) is 0.900. The van der Waals surface area contributed by atoms with Gasteiger partial charge in [0.1, 0.15) is 0 Å². The summed E-state index contributed by atoms with van der Waals surface area (Å²) >= 11 is 0. The molecule has 1 aromatic carbocycles. The van der Waals surface area contributed by atoms with Crippen LogP contribution < -0.4 is 4.90 Å². The minimum Gasteiger partial charge on any atom is -0.481 e. The van der Waals surface area contributed by atoms with E-state index in [-0.39, 0.29) is 12.6 Å². The topological polar surface area (TPSA) is 60.9 Å². The number of carbonyl (C=O) groups is 2. The largest absolute Gasteiger partial charge is 0.481 e. The van der Waals surface area contributed by atoms with Gasteiger partial charge in [-0.15, -0.1) is 0 Å². The summed E-state index contributed by atoms with van der Waals surface area (Å²) in [6, 6.07) is 7.44. The summed E-state index contributed by atoms with van der Waals surface area (Å²) in [5, 5.41) is 8.94. The van der Waals surface area contributed by atoms with Crippen molar-refractivity contribution >= 4 is 17.7 Å². The molecule has 0 aromatic heterocycles. The molecular weight excluding hydrogens is 256 g/mol. The van der Waals surface area contributed by atoms with Crippen LogP contribution in [-0.2, 0) is 4.79 Å². The number of anilines is 1. The number of aryl methyl sites for hydroxylation is 1. The molecule has 110 valence electrons. The van der Waals surface area contributed by atoms with Gasteiger partial charge in [0.25, 0.3) is 0 Å². The van der Waals surface area contributed by atoms with Crippen molar-refractivity contribution in [1.29, 1.82) is 0 Å². The van der Waals surface area contributed by atoms with E-state index in [1.165, 1.54) is 4.90 Å². The van der Waals surface area contributed by atoms with Gasteiger partial charge in [-0.2, -0.15) is 0 Å². The molecule has 0 aliphatic rings. The average Bonchev–Trinajstić information content (AvgIpc) is 2.43. The molecular formula is C15H22N2O3. The van der Waals surface area contributed by atoms with Gasteiger partial charge in [0.2, 0.25) is 0 Å². The molecule has 0 heterocycles. The predicted octanol–water partition coefficient (Wildman–Crippen LogP) is 2.59. The van der Waals surface area contributed by atoms with Gasteiger partial charge in [-0.05, 0) is 26.0 Å². The minimum atomic E-state index is -0.894. The number of amides is 2. The van der Waals surface area contributed by atoms with Crippen LogP contribution >= 0.6 is 0 Å². The SMILES string of the molecule is CCN(CC(C)C(=O)O)C(=O)N(C)c1ccc(C)cc1. The van der Waals surface area contributed by atoms with Crippen LogP contribution in [0, 0.1) is 12.8 Å². The van der Waals surface area contributed by atoms with Crippen molar-refractivity contribution < 1.29 is 14.7 Å². The minimum absolute atomic E-state index is 0.190. The Morgan fingerprint density at radius 2 is 1.80 bits per heavy atom. The highest BCUT2D eigenvalue weighted by atomic mass is 16.4. The molecule has 0 aliphatic heterocycles. The summed E-state index contributed by atoms with van der Waals surface area (Å²) in [4.78, 5) is 26.4. The van der Waals surface area contributed by atoms with Gasteiger partial charge in [-0.3, -0.25) is 9.69 Å². The molecule has 1 unspecified atom stereocenters. The zero-order valence-corrected chi connectivity index (χ0v) is 12.5. The number of carbonyl (C=O) groups excluding carboxylic acids is 1. The van der Waals surface area contributed by atoms with E-state index in [1.807, 2.05) is 38.1 Å². The lowest BCUT2D eigenvalue weighted by atomic mass is 10.1. The number of hydrogen-bond acceptors (Lipinski definition) is 2. The van der Waals surface area contributed by atoms with E-state index in [2.05, 4.69) is 0 Å². The monoisotopic (exact) mass is 278 g/mol. The molecule has 0 fully saturated rings. The first-order valence-electron chi connectivity index (χ1n) is 6.69. The molecule has 0 aliphatic carbocycles. The zero-order valence-electron chi connectivity index (χ0n) is 12.5. The summed E-state index contributed by atoms with van der Waals surface area (Å²) in [7, 11) is 1.70. The van der Waals surface area contributed by atoms with E-state index in [1.54, 1.807) is 18.9 Å². The Bertz CT molecular complexity index is 471. The van der Waals surface area contributed by atoms with E-state index in [4.69, 9.17) is 5.11 Å². The Morgan fingerprint density at radius 3 is 2.25 bits per heavy atom. The van der Waals surface area contributed by atoms with Crippen LogP contribution in [0.15, 0.2) is 24.3 Å². The van der Waals surface area contributed by atoms with Crippen LogP contribution in [-0.4, -0.2) is 42.1 Å². The lowest BCUT2D eigenvalue weighted by molar-refractivity contribution is -0.141. The third kappa shape index (κ3) is 3.98. The van der Waals surface area contributed by atoms with Crippen molar-refractivity contribution in [3.05, 3.63) is 29.8 Å². The molecule has 5 nitrogen and oxygen atoms in total. The van der Waals surface area contributed by atoms with Gasteiger partial charge in [0, 0.05) is 25.8 Å². The van der Waals surface area contributed by atoms with Gasteiger partial charge in [0.05, 0.1) is 5.92 Å². The van der Waals surface area contributed by atoms with E-state index in [0.29, 0.717) is 6.54 Å². The second-order valence-electron chi connectivity index (χ2n) is 4.96. The van der Waals surface area contributed by atoms with Crippen molar-refractivity contribution in [2.45, 2.75) is 20.8 Å². The van der Waals surface area contributed by atoms with Crippen LogP contribution in [0.3, 0.4) is 0 Å². The number of urea groups is 1. The molecule has 0 saturated heterocycles. The number of benzene rings is 1. The van der Waals surface area contributed by atoms with E-state index < -0.39 is 11.9 Å². The molecule has 0 bridgehead atoms. The number of nitrogens with zero attached hydrogens (tertiary/aromatic N) is 2. The van der Waals surface area contributed by atoms with Gasteiger partial charge < -0.3 is 10.0 Å². The fourth-order valence-corrected chi connectivity index (χ4v) is 1.84. The highest BCUT2D eigenvalue weighted by molar-refractivity contribution is 5.91. The zero-order chi connectivity index (χ0) is 15.3. The number of carboxylic acids is 1. The van der Waals surface area contributed by atoms with Gasteiger partial charge in [0.15, 0.2) is 0 Å². The Labute approximate surface area is 119 Å². The fraction of sp³-hybridized carbons (Fsp3) is 0.467. The second kappa shape index (κ2) is 6.93. The van der Waals surface area contributed by atoms with Gasteiger partial charge >= 0.3 is 12.0 Å². The number of carboxylic acid groups (broad SMARTS) is 1. The molecule has 1 aromatic rings. The number of rotatable bonds is 5. The van der Waals surface area contributed by atoms with Crippen molar-refractivity contribution in [2.24, 2.45) is 5.92 Å². The predicted molar refractivity (Wildman–Crippen MR) is 79.0 cm³/mol. The Hall–Kier alpha value is -2.04. The summed E-state index contributed by atoms with van der Waals surface area (Å²) in [6.45, 7) is 6.12. The highest BCUT2D eigenvalue weighted by Gasteiger charge is 2.22. The first kappa shape index (κ1) is 16.0. The van der Waals surface area contributed by atoms with Crippen molar-refractivity contribution in [2.75, 3.05) is 25.0 Å². The van der Waals surface area contributed by atoms with E-state index >= 15 is 0 Å². The summed E-state index contributed by atoms with van der Waals surface area (Å²) in [5.41, 5.74) is 1.92. The first-order chi connectivity index (χ1) is 9.36. The maximum atomic E-state index is 12.4. The van der Waals surface area contributed by atoms with Crippen molar-refractivity contribution in [1.82, 2.24) is 4.90 Å². The molecule has 0 spiro atoms. The Morgan fingerprint density at radius 1 is 1.25 bits per heavy atom. The smallest absolute Gasteiger partial charge is 0.324 e.